The Bertz CT molecular complexity index is 384. The Morgan fingerprint density at radius 2 is 2.06 bits per heavy atom. The largest absolute Gasteiger partial charge is 0.466 e. The van der Waals surface area contributed by atoms with E-state index in [9.17, 15) is 9.18 Å². The second-order valence-corrected chi connectivity index (χ2v) is 3.82. The molecule has 0 aliphatic carbocycles. The highest BCUT2D eigenvalue weighted by molar-refractivity contribution is 5.74. The predicted molar refractivity (Wildman–Crippen MR) is 65.1 cm³/mol. The van der Waals surface area contributed by atoms with E-state index in [2.05, 4.69) is 0 Å². The van der Waals surface area contributed by atoms with E-state index in [0.717, 1.165) is 5.56 Å². The minimum atomic E-state index is -0.543. The van der Waals surface area contributed by atoms with Gasteiger partial charge in [0.05, 0.1) is 12.5 Å². The summed E-state index contributed by atoms with van der Waals surface area (Å²) in [6, 6.07) is 9.30. The van der Waals surface area contributed by atoms with E-state index in [1.807, 2.05) is 30.3 Å². The highest BCUT2D eigenvalue weighted by Crippen LogP contribution is 2.12. The van der Waals surface area contributed by atoms with Crippen LogP contribution in [0, 0.1) is 5.92 Å². The van der Waals surface area contributed by atoms with Crippen LogP contribution in [0.15, 0.2) is 42.2 Å². The quantitative estimate of drug-likeness (QED) is 0.733. The summed E-state index contributed by atoms with van der Waals surface area (Å²) in [7, 11) is 0. The Morgan fingerprint density at radius 1 is 1.41 bits per heavy atom. The van der Waals surface area contributed by atoms with Gasteiger partial charge >= 0.3 is 5.97 Å². The van der Waals surface area contributed by atoms with Gasteiger partial charge in [-0.05, 0) is 25.5 Å². The monoisotopic (exact) mass is 236 g/mol. The Morgan fingerprint density at radius 3 is 2.65 bits per heavy atom. The van der Waals surface area contributed by atoms with E-state index in [1.165, 1.54) is 6.08 Å². The average molecular weight is 236 g/mol. The topological polar surface area (TPSA) is 26.3 Å². The Kier molecular flexibility index (Phi) is 5.40. The van der Waals surface area contributed by atoms with E-state index < -0.39 is 11.9 Å². The minimum absolute atomic E-state index is 0.213. The van der Waals surface area contributed by atoms with Gasteiger partial charge in [-0.2, -0.15) is 0 Å². The fourth-order valence-electron chi connectivity index (χ4n) is 1.46. The molecule has 3 heteroatoms. The maximum Gasteiger partial charge on any atom is 0.312 e. The van der Waals surface area contributed by atoms with Crippen LogP contribution < -0.4 is 0 Å². The third-order valence-corrected chi connectivity index (χ3v) is 2.31. The second-order valence-electron chi connectivity index (χ2n) is 3.82. The first kappa shape index (κ1) is 13.4. The third kappa shape index (κ3) is 4.81. The van der Waals surface area contributed by atoms with Crippen molar-refractivity contribution in [1.29, 1.82) is 0 Å². The summed E-state index contributed by atoms with van der Waals surface area (Å²) < 4.78 is 18.4. The van der Waals surface area contributed by atoms with Gasteiger partial charge in [0.25, 0.3) is 0 Å². The van der Waals surface area contributed by atoms with Crippen molar-refractivity contribution in [3.63, 3.8) is 0 Å². The first-order valence-electron chi connectivity index (χ1n) is 5.70. The van der Waals surface area contributed by atoms with Crippen LogP contribution in [0.3, 0.4) is 0 Å². The summed E-state index contributed by atoms with van der Waals surface area (Å²) in [6.45, 7) is 3.68. The molecule has 0 aliphatic heterocycles. The molecule has 0 heterocycles. The zero-order valence-corrected chi connectivity index (χ0v) is 10.2. The fraction of sp³-hybridized carbons (Fsp3) is 0.357. The van der Waals surface area contributed by atoms with Gasteiger partial charge in [0.2, 0.25) is 0 Å². The van der Waals surface area contributed by atoms with Gasteiger partial charge in [-0.3, -0.25) is 4.79 Å². The summed E-state index contributed by atoms with van der Waals surface area (Å²) >= 11 is 0. The molecule has 0 bridgehead atoms. The van der Waals surface area contributed by atoms with Crippen molar-refractivity contribution in [2.45, 2.75) is 20.3 Å². The van der Waals surface area contributed by atoms with Crippen molar-refractivity contribution in [2.24, 2.45) is 5.92 Å². The first-order chi connectivity index (χ1) is 8.13. The van der Waals surface area contributed by atoms with Gasteiger partial charge in [0.15, 0.2) is 0 Å². The van der Waals surface area contributed by atoms with E-state index >= 15 is 0 Å². The standard InChI is InChI=1S/C14H17FO2/c1-3-17-14(16)11(2)9-13(15)10-12-7-5-4-6-8-12/h4-9,11H,3,10H2,1-2H3/b13-9-. The first-order valence-corrected chi connectivity index (χ1v) is 5.70. The number of ether oxygens (including phenoxy) is 1. The molecule has 0 aromatic heterocycles. The molecule has 1 atom stereocenters. The van der Waals surface area contributed by atoms with Crippen molar-refractivity contribution < 1.29 is 13.9 Å². The summed E-state index contributed by atoms with van der Waals surface area (Å²) in [5, 5.41) is 0. The number of hydrogen-bond acceptors (Lipinski definition) is 2. The maximum atomic E-state index is 13.6. The number of rotatable bonds is 5. The average Bonchev–Trinajstić information content (AvgIpc) is 2.30. The van der Waals surface area contributed by atoms with E-state index in [4.69, 9.17) is 4.74 Å². The maximum absolute atomic E-state index is 13.6. The fourth-order valence-corrected chi connectivity index (χ4v) is 1.46. The number of allylic oxidation sites excluding steroid dienone is 1. The van der Waals surface area contributed by atoms with E-state index in [1.54, 1.807) is 13.8 Å². The Hall–Kier alpha value is -1.64. The molecule has 92 valence electrons. The number of hydrogen-bond donors (Lipinski definition) is 0. The van der Waals surface area contributed by atoms with Gasteiger partial charge in [0, 0.05) is 6.42 Å². The lowest BCUT2D eigenvalue weighted by molar-refractivity contribution is -0.145. The predicted octanol–water partition coefficient (Wildman–Crippen LogP) is 3.28. The lowest BCUT2D eigenvalue weighted by atomic mass is 10.1. The smallest absolute Gasteiger partial charge is 0.312 e. The van der Waals surface area contributed by atoms with Crippen molar-refractivity contribution in [1.82, 2.24) is 0 Å². The van der Waals surface area contributed by atoms with Crippen LogP contribution in [0.4, 0.5) is 4.39 Å². The molecule has 0 N–H and O–H groups in total. The summed E-state index contributed by atoms with van der Waals surface area (Å²) in [5.74, 6) is -1.24. The van der Waals surface area contributed by atoms with Crippen LogP contribution in [0.25, 0.3) is 0 Å². The molecule has 1 rings (SSSR count). The molecule has 0 spiro atoms. The third-order valence-electron chi connectivity index (χ3n) is 2.31. The number of carbonyl (C=O) groups excluding carboxylic acids is 1. The highest BCUT2D eigenvalue weighted by atomic mass is 19.1. The molecule has 0 fully saturated rings. The van der Waals surface area contributed by atoms with Gasteiger partial charge in [-0.15, -0.1) is 0 Å². The number of halogens is 1. The lowest BCUT2D eigenvalue weighted by Crippen LogP contribution is -2.12. The normalized spacial score (nSPS) is 13.2. The van der Waals surface area contributed by atoms with Crippen molar-refractivity contribution in [2.75, 3.05) is 6.61 Å². The summed E-state index contributed by atoms with van der Waals surface area (Å²) in [4.78, 5) is 11.3. The molecule has 0 amide bonds. The molecule has 1 aromatic rings. The molecule has 0 radical (unpaired) electrons. The number of carbonyl (C=O) groups is 1. The minimum Gasteiger partial charge on any atom is -0.466 e. The zero-order valence-electron chi connectivity index (χ0n) is 10.2. The molecule has 0 saturated heterocycles. The van der Waals surface area contributed by atoms with Crippen LogP contribution in [0.5, 0.6) is 0 Å². The van der Waals surface area contributed by atoms with Gasteiger partial charge in [-0.1, -0.05) is 30.3 Å². The number of esters is 1. The Balaban J connectivity index is 2.57. The van der Waals surface area contributed by atoms with E-state index in [-0.39, 0.29) is 12.2 Å². The molecule has 17 heavy (non-hydrogen) atoms. The second kappa shape index (κ2) is 6.84. The Labute approximate surface area is 101 Å². The molecule has 2 nitrogen and oxygen atoms in total. The van der Waals surface area contributed by atoms with Crippen LogP contribution in [0.1, 0.15) is 19.4 Å². The van der Waals surface area contributed by atoms with Gasteiger partial charge < -0.3 is 4.74 Å². The highest BCUT2D eigenvalue weighted by Gasteiger charge is 2.12. The molecule has 1 unspecified atom stereocenters. The van der Waals surface area contributed by atoms with Crippen LogP contribution in [0.2, 0.25) is 0 Å². The molecule has 0 aliphatic rings. The van der Waals surface area contributed by atoms with Gasteiger partial charge in [-0.25, -0.2) is 4.39 Å². The van der Waals surface area contributed by atoms with E-state index in [0.29, 0.717) is 6.61 Å². The summed E-state index contributed by atoms with van der Waals surface area (Å²) in [5.41, 5.74) is 0.886. The zero-order chi connectivity index (χ0) is 12.7. The molecular weight excluding hydrogens is 219 g/mol. The van der Waals surface area contributed by atoms with Crippen molar-refractivity contribution >= 4 is 5.97 Å². The van der Waals surface area contributed by atoms with Crippen LogP contribution >= 0.6 is 0 Å². The molecule has 0 saturated carbocycles. The van der Waals surface area contributed by atoms with Crippen molar-refractivity contribution in [3.05, 3.63) is 47.8 Å². The van der Waals surface area contributed by atoms with Crippen molar-refractivity contribution in [3.8, 4) is 0 Å². The number of benzene rings is 1. The lowest BCUT2D eigenvalue weighted by Gasteiger charge is -2.06. The van der Waals surface area contributed by atoms with Crippen LogP contribution in [-0.4, -0.2) is 12.6 Å². The molecular formula is C14H17FO2. The SMILES string of the molecule is CCOC(=O)C(C)/C=C(\F)Cc1ccccc1. The molecule has 1 aromatic carbocycles. The van der Waals surface area contributed by atoms with Gasteiger partial charge in [0.1, 0.15) is 5.83 Å². The summed E-state index contributed by atoms with van der Waals surface area (Å²) in [6.07, 6.45) is 1.52. The van der Waals surface area contributed by atoms with Crippen LogP contribution in [-0.2, 0) is 16.0 Å².